The predicted octanol–water partition coefficient (Wildman–Crippen LogP) is 5.93. The summed E-state index contributed by atoms with van der Waals surface area (Å²) in [7, 11) is 0. The Bertz CT molecular complexity index is 1680. The minimum absolute atomic E-state index is 0.0338. The van der Waals surface area contributed by atoms with Crippen molar-refractivity contribution in [2.75, 3.05) is 16.4 Å². The second-order valence-corrected chi connectivity index (χ2v) is 8.82. The summed E-state index contributed by atoms with van der Waals surface area (Å²) in [6, 6.07) is 13.9. The second kappa shape index (κ2) is 10.0. The summed E-state index contributed by atoms with van der Waals surface area (Å²) in [4.78, 5) is 21.1. The molecular weight excluding hydrogens is 514 g/mol. The first-order valence-corrected chi connectivity index (χ1v) is 11.7. The van der Waals surface area contributed by atoms with Gasteiger partial charge in [0, 0.05) is 30.2 Å². The molecule has 5 rings (SSSR count). The number of amides is 1. The van der Waals surface area contributed by atoms with E-state index in [-0.39, 0.29) is 29.2 Å². The van der Waals surface area contributed by atoms with Crippen LogP contribution in [0.25, 0.3) is 22.2 Å². The standard InChI is InChI=1S/C27H21F4N7O/c1-14-8-19(6-7-22(14)28)36-26(39)21-10-18(27(29,30)31)13-35-24(21)33-11-15-2-4-16(5-3-15)17-9-20-23(32)37-38-25(20)34-12-17/h2-10,12-13H,11H2,1H3,(H,33,35)(H,36,39)(H3,32,34,37,38). The van der Waals surface area contributed by atoms with Crippen molar-refractivity contribution in [3.05, 3.63) is 95.1 Å². The van der Waals surface area contributed by atoms with Gasteiger partial charge in [-0.1, -0.05) is 24.3 Å². The average Bonchev–Trinajstić information content (AvgIpc) is 3.29. The zero-order chi connectivity index (χ0) is 27.7. The Kier molecular flexibility index (Phi) is 6.60. The fraction of sp³-hybridized carbons (Fsp3) is 0.111. The molecule has 0 unspecified atom stereocenters. The van der Waals surface area contributed by atoms with Crippen LogP contribution in [0, 0.1) is 12.7 Å². The van der Waals surface area contributed by atoms with Crippen molar-refractivity contribution in [3.8, 4) is 11.1 Å². The van der Waals surface area contributed by atoms with E-state index in [0.717, 1.165) is 28.8 Å². The number of aromatic nitrogens is 4. The fourth-order valence-electron chi connectivity index (χ4n) is 3.93. The molecular formula is C27H21F4N7O. The van der Waals surface area contributed by atoms with E-state index in [1.165, 1.54) is 19.1 Å². The van der Waals surface area contributed by atoms with Gasteiger partial charge in [0.1, 0.15) is 17.5 Å². The molecule has 0 fully saturated rings. The Hall–Kier alpha value is -5.00. The lowest BCUT2D eigenvalue weighted by atomic mass is 10.0. The number of halogens is 4. The number of nitrogens with one attached hydrogen (secondary N) is 3. The van der Waals surface area contributed by atoms with Crippen LogP contribution in [0.15, 0.2) is 67.0 Å². The molecule has 5 aromatic rings. The van der Waals surface area contributed by atoms with Gasteiger partial charge < -0.3 is 16.4 Å². The molecule has 0 atom stereocenters. The number of carbonyl (C=O) groups is 1. The lowest BCUT2D eigenvalue weighted by Crippen LogP contribution is -2.18. The Morgan fingerprint density at radius 1 is 1.00 bits per heavy atom. The summed E-state index contributed by atoms with van der Waals surface area (Å²) < 4.78 is 53.7. The number of aryl methyl sites for hydroxylation is 1. The number of hydrogen-bond donors (Lipinski definition) is 4. The van der Waals surface area contributed by atoms with Crippen LogP contribution in [-0.2, 0) is 12.7 Å². The van der Waals surface area contributed by atoms with E-state index in [0.29, 0.717) is 23.0 Å². The van der Waals surface area contributed by atoms with E-state index in [9.17, 15) is 22.4 Å². The van der Waals surface area contributed by atoms with Crippen LogP contribution in [0.3, 0.4) is 0 Å². The first-order chi connectivity index (χ1) is 18.6. The zero-order valence-corrected chi connectivity index (χ0v) is 20.4. The van der Waals surface area contributed by atoms with Gasteiger partial charge in [-0.2, -0.15) is 18.3 Å². The molecule has 0 aliphatic carbocycles. The number of nitrogens with zero attached hydrogens (tertiary/aromatic N) is 3. The third kappa shape index (κ3) is 5.49. The van der Waals surface area contributed by atoms with E-state index >= 15 is 0 Å². The van der Waals surface area contributed by atoms with Crippen molar-refractivity contribution in [3.63, 3.8) is 0 Å². The van der Waals surface area contributed by atoms with Gasteiger partial charge in [-0.3, -0.25) is 9.89 Å². The number of hydrogen-bond acceptors (Lipinski definition) is 6. The van der Waals surface area contributed by atoms with Crippen LogP contribution in [0.2, 0.25) is 0 Å². The van der Waals surface area contributed by atoms with E-state index in [4.69, 9.17) is 5.73 Å². The maximum atomic E-state index is 13.6. The summed E-state index contributed by atoms with van der Waals surface area (Å²) in [6.45, 7) is 1.69. The highest BCUT2D eigenvalue weighted by Crippen LogP contribution is 2.31. The highest BCUT2D eigenvalue weighted by molar-refractivity contribution is 6.07. The second-order valence-electron chi connectivity index (χ2n) is 8.82. The summed E-state index contributed by atoms with van der Waals surface area (Å²) in [5.41, 5.74) is 8.03. The molecule has 198 valence electrons. The number of fused-ring (bicyclic) bond motifs is 1. The molecule has 0 saturated heterocycles. The number of anilines is 3. The quantitative estimate of drug-likeness (QED) is 0.200. The van der Waals surface area contributed by atoms with Crippen molar-refractivity contribution in [1.82, 2.24) is 20.2 Å². The first-order valence-electron chi connectivity index (χ1n) is 11.7. The lowest BCUT2D eigenvalue weighted by molar-refractivity contribution is -0.137. The summed E-state index contributed by atoms with van der Waals surface area (Å²) >= 11 is 0. The van der Waals surface area contributed by atoms with Crippen LogP contribution in [0.1, 0.15) is 27.0 Å². The molecule has 3 aromatic heterocycles. The van der Waals surface area contributed by atoms with Crippen LogP contribution in [0.4, 0.5) is 34.9 Å². The van der Waals surface area contributed by atoms with Crippen molar-refractivity contribution in [1.29, 1.82) is 0 Å². The number of nitrogens with two attached hydrogens (primary N) is 1. The van der Waals surface area contributed by atoms with E-state index in [2.05, 4.69) is 30.8 Å². The zero-order valence-electron chi connectivity index (χ0n) is 20.4. The monoisotopic (exact) mass is 535 g/mol. The third-order valence-electron chi connectivity index (χ3n) is 6.06. The molecule has 0 bridgehead atoms. The Morgan fingerprint density at radius 3 is 2.49 bits per heavy atom. The molecule has 1 amide bonds. The average molecular weight is 536 g/mol. The van der Waals surface area contributed by atoms with Crippen molar-refractivity contribution in [2.24, 2.45) is 0 Å². The summed E-state index contributed by atoms with van der Waals surface area (Å²) in [6.07, 6.45) is -2.35. The van der Waals surface area contributed by atoms with Gasteiger partial charge in [0.05, 0.1) is 16.5 Å². The first kappa shape index (κ1) is 25.6. The number of nitrogen functional groups attached to an aromatic ring is 1. The molecule has 0 aliphatic heterocycles. The predicted molar refractivity (Wildman–Crippen MR) is 139 cm³/mol. The number of pyridine rings is 2. The molecule has 2 aromatic carbocycles. The molecule has 12 heteroatoms. The number of benzene rings is 2. The van der Waals surface area contributed by atoms with Crippen LogP contribution < -0.4 is 16.4 Å². The highest BCUT2D eigenvalue weighted by atomic mass is 19.4. The number of H-pyrrole nitrogens is 1. The Balaban J connectivity index is 1.36. The van der Waals surface area contributed by atoms with E-state index in [1.54, 1.807) is 6.20 Å². The Morgan fingerprint density at radius 2 is 1.77 bits per heavy atom. The minimum atomic E-state index is -4.69. The van der Waals surface area contributed by atoms with Crippen molar-refractivity contribution < 1.29 is 22.4 Å². The van der Waals surface area contributed by atoms with Crippen LogP contribution in [0.5, 0.6) is 0 Å². The van der Waals surface area contributed by atoms with E-state index < -0.39 is 23.5 Å². The van der Waals surface area contributed by atoms with Gasteiger partial charge in [-0.25, -0.2) is 14.4 Å². The third-order valence-corrected chi connectivity index (χ3v) is 6.06. The maximum Gasteiger partial charge on any atom is 0.417 e. The van der Waals surface area contributed by atoms with Crippen LogP contribution in [-0.4, -0.2) is 26.1 Å². The summed E-state index contributed by atoms with van der Waals surface area (Å²) in [5.74, 6) is -0.907. The van der Waals surface area contributed by atoms with Gasteiger partial charge in [0.15, 0.2) is 5.65 Å². The van der Waals surface area contributed by atoms with Gasteiger partial charge in [0.2, 0.25) is 0 Å². The van der Waals surface area contributed by atoms with Crippen molar-refractivity contribution in [2.45, 2.75) is 19.6 Å². The number of aromatic amines is 1. The normalized spacial score (nSPS) is 11.5. The van der Waals surface area contributed by atoms with E-state index in [1.807, 2.05) is 30.3 Å². The maximum absolute atomic E-state index is 13.6. The molecule has 0 saturated carbocycles. The van der Waals surface area contributed by atoms with Gasteiger partial charge in [-0.15, -0.1) is 0 Å². The molecule has 3 heterocycles. The molecule has 39 heavy (non-hydrogen) atoms. The number of alkyl halides is 3. The number of carbonyl (C=O) groups excluding carboxylic acids is 1. The topological polar surface area (TPSA) is 122 Å². The largest absolute Gasteiger partial charge is 0.417 e. The number of rotatable bonds is 6. The lowest BCUT2D eigenvalue weighted by Gasteiger charge is -2.15. The van der Waals surface area contributed by atoms with Gasteiger partial charge >= 0.3 is 6.18 Å². The summed E-state index contributed by atoms with van der Waals surface area (Å²) in [5, 5.41) is 12.8. The highest BCUT2D eigenvalue weighted by Gasteiger charge is 2.32. The molecule has 8 nitrogen and oxygen atoms in total. The fourth-order valence-corrected chi connectivity index (χ4v) is 3.93. The molecule has 0 radical (unpaired) electrons. The minimum Gasteiger partial charge on any atom is -0.384 e. The smallest absolute Gasteiger partial charge is 0.384 e. The SMILES string of the molecule is Cc1cc(NC(=O)c2cc(C(F)(F)F)cnc2NCc2ccc(-c3cnc4n[nH]c(N)c4c3)cc2)ccc1F. The van der Waals surface area contributed by atoms with Crippen LogP contribution >= 0.6 is 0 Å². The Labute approximate surface area is 219 Å². The van der Waals surface area contributed by atoms with Crippen molar-refractivity contribution >= 4 is 34.3 Å². The molecule has 5 N–H and O–H groups in total. The molecule has 0 aliphatic rings. The molecule has 0 spiro atoms. The van der Waals surface area contributed by atoms with Gasteiger partial charge in [0.25, 0.3) is 5.91 Å². The van der Waals surface area contributed by atoms with Gasteiger partial charge in [-0.05, 0) is 53.9 Å².